The van der Waals surface area contributed by atoms with Crippen LogP contribution in [-0.4, -0.2) is 34.5 Å². The molecule has 2 unspecified atom stereocenters. The Morgan fingerprint density at radius 1 is 1.44 bits per heavy atom. The monoisotopic (exact) mass is 251 g/mol. The number of unbranched alkanes of at least 4 members (excludes halogenated alkanes) is 2. The second kappa shape index (κ2) is 7.05. The lowest BCUT2D eigenvalue weighted by atomic mass is 9.91. The number of carboxylic acid groups (broad SMARTS) is 1. The van der Waals surface area contributed by atoms with Crippen molar-refractivity contribution >= 4 is 11.9 Å². The normalized spacial score (nSPS) is 23.4. The first-order valence-corrected chi connectivity index (χ1v) is 6.52. The molecule has 0 spiro atoms. The number of aliphatic carboxylic acids is 1. The van der Waals surface area contributed by atoms with Crippen molar-refractivity contribution in [1.29, 1.82) is 0 Å². The topological polar surface area (TPSA) is 57.6 Å². The average molecular weight is 251 g/mol. The molecule has 1 heterocycles. The first-order chi connectivity index (χ1) is 8.56. The minimum atomic E-state index is -0.747. The molecular formula is C14H21NO3. The van der Waals surface area contributed by atoms with Crippen LogP contribution in [0.5, 0.6) is 0 Å². The molecule has 1 fully saturated rings. The number of hydrogen-bond acceptors (Lipinski definition) is 2. The Kier molecular flexibility index (Phi) is 5.70. The lowest BCUT2D eigenvalue weighted by Crippen LogP contribution is -2.45. The Morgan fingerprint density at radius 3 is 2.72 bits per heavy atom. The Balaban J connectivity index is 2.36. The number of amides is 1. The highest BCUT2D eigenvalue weighted by Gasteiger charge is 2.31. The molecule has 1 aliphatic rings. The zero-order chi connectivity index (χ0) is 13.5. The van der Waals surface area contributed by atoms with Crippen molar-refractivity contribution in [2.24, 2.45) is 5.92 Å². The number of carboxylic acids is 1. The maximum Gasteiger partial charge on any atom is 0.306 e. The minimum absolute atomic E-state index is 0.0278. The average Bonchev–Trinajstić information content (AvgIpc) is 2.34. The summed E-state index contributed by atoms with van der Waals surface area (Å²) in [5.41, 5.74) is 0. The molecule has 0 saturated carbocycles. The third kappa shape index (κ3) is 4.06. The largest absolute Gasteiger partial charge is 0.481 e. The van der Waals surface area contributed by atoms with Gasteiger partial charge in [0.2, 0.25) is 5.91 Å². The fourth-order valence-electron chi connectivity index (χ4n) is 2.41. The van der Waals surface area contributed by atoms with Gasteiger partial charge >= 0.3 is 5.97 Å². The molecule has 0 aromatic carbocycles. The highest BCUT2D eigenvalue weighted by molar-refractivity contribution is 5.77. The maximum absolute atomic E-state index is 12.0. The summed E-state index contributed by atoms with van der Waals surface area (Å²) in [6.45, 7) is 2.49. The summed E-state index contributed by atoms with van der Waals surface area (Å²) in [6.07, 6.45) is 9.20. The molecule has 100 valence electrons. The molecule has 1 aliphatic heterocycles. The van der Waals surface area contributed by atoms with E-state index in [1.807, 2.05) is 11.8 Å². The number of hydrogen-bond donors (Lipinski definition) is 1. The van der Waals surface area contributed by atoms with E-state index in [-0.39, 0.29) is 17.9 Å². The summed E-state index contributed by atoms with van der Waals surface area (Å²) < 4.78 is 0. The molecular weight excluding hydrogens is 230 g/mol. The zero-order valence-corrected chi connectivity index (χ0v) is 10.9. The number of rotatable bonds is 5. The Bertz CT molecular complexity index is 345. The smallest absolute Gasteiger partial charge is 0.306 e. The number of terminal acetylenes is 1. The van der Waals surface area contributed by atoms with E-state index >= 15 is 0 Å². The number of piperidine rings is 1. The number of likely N-dealkylation sites (tertiary alicyclic amines) is 1. The molecule has 1 N–H and O–H groups in total. The van der Waals surface area contributed by atoms with E-state index in [2.05, 4.69) is 5.92 Å². The van der Waals surface area contributed by atoms with Crippen molar-refractivity contribution in [3.8, 4) is 12.3 Å². The first-order valence-electron chi connectivity index (χ1n) is 6.52. The van der Waals surface area contributed by atoms with Gasteiger partial charge in [-0.15, -0.1) is 12.3 Å². The van der Waals surface area contributed by atoms with Crippen LogP contribution in [0, 0.1) is 18.3 Å². The summed E-state index contributed by atoms with van der Waals surface area (Å²) >= 11 is 0. The molecule has 4 nitrogen and oxygen atoms in total. The van der Waals surface area contributed by atoms with Crippen molar-refractivity contribution < 1.29 is 14.7 Å². The van der Waals surface area contributed by atoms with Crippen LogP contribution in [0.3, 0.4) is 0 Å². The summed E-state index contributed by atoms with van der Waals surface area (Å²) in [4.78, 5) is 24.7. The van der Waals surface area contributed by atoms with E-state index in [0.29, 0.717) is 32.2 Å². The standard InChI is InChI=1S/C14H21NO3/c1-3-4-5-6-7-13(16)15-9-8-12(14(17)18)10-11(15)2/h1,11-12H,4-10H2,2H3,(H,17,18). The third-order valence-corrected chi connectivity index (χ3v) is 3.51. The van der Waals surface area contributed by atoms with Crippen molar-refractivity contribution in [3.05, 3.63) is 0 Å². The Morgan fingerprint density at radius 2 is 2.17 bits per heavy atom. The second-order valence-corrected chi connectivity index (χ2v) is 4.91. The molecule has 0 aromatic rings. The lowest BCUT2D eigenvalue weighted by molar-refractivity contribution is -0.147. The van der Waals surface area contributed by atoms with Gasteiger partial charge in [-0.2, -0.15) is 0 Å². The van der Waals surface area contributed by atoms with Crippen molar-refractivity contribution in [2.45, 2.75) is 51.5 Å². The van der Waals surface area contributed by atoms with E-state index in [4.69, 9.17) is 11.5 Å². The van der Waals surface area contributed by atoms with E-state index < -0.39 is 5.97 Å². The highest BCUT2D eigenvalue weighted by Crippen LogP contribution is 2.23. The van der Waals surface area contributed by atoms with Gasteiger partial charge in [-0.1, -0.05) is 0 Å². The third-order valence-electron chi connectivity index (χ3n) is 3.51. The van der Waals surface area contributed by atoms with Gasteiger partial charge in [0.05, 0.1) is 5.92 Å². The quantitative estimate of drug-likeness (QED) is 0.599. The summed E-state index contributed by atoms with van der Waals surface area (Å²) in [5.74, 6) is 1.64. The fourth-order valence-corrected chi connectivity index (χ4v) is 2.41. The molecule has 0 bridgehead atoms. The molecule has 0 aromatic heterocycles. The minimum Gasteiger partial charge on any atom is -0.481 e. The van der Waals surface area contributed by atoms with Crippen LogP contribution in [0.25, 0.3) is 0 Å². The van der Waals surface area contributed by atoms with Gasteiger partial charge in [0.1, 0.15) is 0 Å². The Hall–Kier alpha value is -1.50. The highest BCUT2D eigenvalue weighted by atomic mass is 16.4. The van der Waals surface area contributed by atoms with Crippen molar-refractivity contribution in [2.75, 3.05) is 6.54 Å². The lowest BCUT2D eigenvalue weighted by Gasteiger charge is -2.36. The second-order valence-electron chi connectivity index (χ2n) is 4.91. The number of nitrogens with zero attached hydrogens (tertiary/aromatic N) is 1. The van der Waals surface area contributed by atoms with E-state index in [9.17, 15) is 9.59 Å². The van der Waals surface area contributed by atoms with Gasteiger partial charge in [-0.25, -0.2) is 0 Å². The van der Waals surface area contributed by atoms with E-state index in [0.717, 1.165) is 12.8 Å². The summed E-state index contributed by atoms with van der Waals surface area (Å²) in [6, 6.07) is 0.0278. The maximum atomic E-state index is 12.0. The van der Waals surface area contributed by atoms with Gasteiger partial charge < -0.3 is 10.0 Å². The predicted octanol–water partition coefficient (Wildman–Crippen LogP) is 1.89. The molecule has 1 rings (SSSR count). The molecule has 2 atom stereocenters. The van der Waals surface area contributed by atoms with Gasteiger partial charge in [0.15, 0.2) is 0 Å². The summed E-state index contributed by atoms with van der Waals surface area (Å²) in [7, 11) is 0. The van der Waals surface area contributed by atoms with Crippen LogP contribution in [0.15, 0.2) is 0 Å². The molecule has 0 aliphatic carbocycles. The van der Waals surface area contributed by atoms with Crippen LogP contribution in [0.4, 0.5) is 0 Å². The summed E-state index contributed by atoms with van der Waals surface area (Å²) in [5, 5.41) is 8.96. The van der Waals surface area contributed by atoms with Gasteiger partial charge in [0.25, 0.3) is 0 Å². The molecule has 1 amide bonds. The van der Waals surface area contributed by atoms with Crippen LogP contribution < -0.4 is 0 Å². The number of carbonyl (C=O) groups is 2. The molecule has 4 heteroatoms. The van der Waals surface area contributed by atoms with Gasteiger partial charge in [-0.3, -0.25) is 9.59 Å². The molecule has 0 radical (unpaired) electrons. The van der Waals surface area contributed by atoms with E-state index in [1.54, 1.807) is 0 Å². The van der Waals surface area contributed by atoms with Crippen molar-refractivity contribution in [3.63, 3.8) is 0 Å². The van der Waals surface area contributed by atoms with Gasteiger partial charge in [-0.05, 0) is 32.6 Å². The van der Waals surface area contributed by atoms with Crippen LogP contribution in [0.1, 0.15) is 45.4 Å². The predicted molar refractivity (Wildman–Crippen MR) is 68.8 cm³/mol. The van der Waals surface area contributed by atoms with Crippen molar-refractivity contribution in [1.82, 2.24) is 4.90 Å². The molecule has 18 heavy (non-hydrogen) atoms. The van der Waals surface area contributed by atoms with Crippen LogP contribution in [-0.2, 0) is 9.59 Å². The number of carbonyl (C=O) groups excluding carboxylic acids is 1. The zero-order valence-electron chi connectivity index (χ0n) is 10.9. The van der Waals surface area contributed by atoms with Crippen LogP contribution in [0.2, 0.25) is 0 Å². The van der Waals surface area contributed by atoms with E-state index in [1.165, 1.54) is 0 Å². The fraction of sp³-hybridized carbons (Fsp3) is 0.714. The van der Waals surface area contributed by atoms with Gasteiger partial charge in [0, 0.05) is 25.4 Å². The first kappa shape index (κ1) is 14.6. The Labute approximate surface area is 108 Å². The molecule has 1 saturated heterocycles. The van der Waals surface area contributed by atoms with Crippen LogP contribution >= 0.6 is 0 Å². The SMILES string of the molecule is C#CCCCCC(=O)N1CCC(C(=O)O)CC1C.